The average molecular weight is 592 g/mol. The predicted molar refractivity (Wildman–Crippen MR) is 157 cm³/mol. The Balaban J connectivity index is 1.44. The standard InChI is InChI=1S/C31H37N5O7/c1-17(2)24(26(37)29-33-21-15-20(27(32)38)12-13-23(21)43-29)34-28(39)22-11-8-14-36(22)30(40)25(18(3)4)35-31(41)42-16-19-9-6-5-7-10-19/h5-7,9-10,12-13,15,17-18,22,24-25H,8,11,14,16H2,1-4H3,(H2,32,38)(H,34,39)(H,35,41)/t22-,24-,25-/m0/s1. The molecule has 0 radical (unpaired) electrons. The van der Waals surface area contributed by atoms with Gasteiger partial charge in [0, 0.05) is 12.1 Å². The van der Waals surface area contributed by atoms with Gasteiger partial charge in [-0.1, -0.05) is 58.0 Å². The summed E-state index contributed by atoms with van der Waals surface area (Å²) in [7, 11) is 0. The summed E-state index contributed by atoms with van der Waals surface area (Å²) in [5.41, 5.74) is 6.95. The topological polar surface area (TPSA) is 174 Å². The average Bonchev–Trinajstić information content (AvgIpc) is 3.64. The number of carbonyl (C=O) groups is 5. The molecule has 3 atom stereocenters. The lowest BCUT2D eigenvalue weighted by molar-refractivity contribution is -0.141. The molecule has 0 spiro atoms. The lowest BCUT2D eigenvalue weighted by atomic mass is 9.98. The minimum absolute atomic E-state index is 0.0530. The van der Waals surface area contributed by atoms with E-state index in [0.29, 0.717) is 25.0 Å². The Bertz CT molecular complexity index is 1500. The maximum atomic E-state index is 13.6. The van der Waals surface area contributed by atoms with E-state index in [1.165, 1.54) is 23.1 Å². The maximum absolute atomic E-state index is 13.6. The summed E-state index contributed by atoms with van der Waals surface area (Å²) in [5, 5.41) is 5.45. The Morgan fingerprint density at radius 2 is 1.70 bits per heavy atom. The Hall–Kier alpha value is -4.74. The van der Waals surface area contributed by atoms with E-state index in [1.807, 2.05) is 30.3 Å². The Labute approximate surface area is 249 Å². The lowest BCUT2D eigenvalue weighted by Crippen LogP contribution is -2.57. The molecule has 0 saturated carbocycles. The summed E-state index contributed by atoms with van der Waals surface area (Å²) in [6, 6.07) is 10.9. The van der Waals surface area contributed by atoms with Crippen molar-refractivity contribution in [3.8, 4) is 0 Å². The van der Waals surface area contributed by atoms with Crippen molar-refractivity contribution in [2.45, 2.75) is 65.3 Å². The zero-order valence-corrected chi connectivity index (χ0v) is 24.7. The second-order valence-electron chi connectivity index (χ2n) is 11.3. The third-order valence-corrected chi connectivity index (χ3v) is 7.39. The van der Waals surface area contributed by atoms with Gasteiger partial charge >= 0.3 is 6.09 Å². The van der Waals surface area contributed by atoms with Gasteiger partial charge in [0.2, 0.25) is 23.5 Å². The van der Waals surface area contributed by atoms with Crippen LogP contribution >= 0.6 is 0 Å². The molecule has 228 valence electrons. The zero-order valence-electron chi connectivity index (χ0n) is 24.7. The highest BCUT2D eigenvalue weighted by Crippen LogP contribution is 2.23. The minimum Gasteiger partial charge on any atom is -0.445 e. The molecule has 12 heteroatoms. The molecule has 0 aliphatic carbocycles. The number of likely N-dealkylation sites (tertiary alicyclic amines) is 1. The number of aromatic nitrogens is 1. The number of primary amides is 1. The molecular weight excluding hydrogens is 554 g/mol. The van der Waals surface area contributed by atoms with Crippen LogP contribution in [-0.2, 0) is 20.9 Å². The molecule has 1 aliphatic heterocycles. The van der Waals surface area contributed by atoms with E-state index in [0.717, 1.165) is 5.56 Å². The molecule has 1 fully saturated rings. The second-order valence-corrected chi connectivity index (χ2v) is 11.3. The van der Waals surface area contributed by atoms with Gasteiger partial charge in [-0.2, -0.15) is 0 Å². The van der Waals surface area contributed by atoms with Crippen LogP contribution in [0.1, 0.15) is 67.1 Å². The summed E-state index contributed by atoms with van der Waals surface area (Å²) in [6.45, 7) is 7.52. The third kappa shape index (κ3) is 7.37. The van der Waals surface area contributed by atoms with Crippen LogP contribution in [0.4, 0.5) is 4.79 Å². The first kappa shape index (κ1) is 31.2. The van der Waals surface area contributed by atoms with Crippen molar-refractivity contribution in [3.05, 3.63) is 65.5 Å². The van der Waals surface area contributed by atoms with Crippen molar-refractivity contribution in [1.82, 2.24) is 20.5 Å². The number of ether oxygens (including phenoxy) is 1. The number of nitrogens with zero attached hydrogens (tertiary/aromatic N) is 2. The van der Waals surface area contributed by atoms with E-state index in [1.54, 1.807) is 27.7 Å². The zero-order chi connectivity index (χ0) is 31.3. The fraction of sp³-hybridized carbons (Fsp3) is 0.419. The van der Waals surface area contributed by atoms with Crippen molar-refractivity contribution in [2.75, 3.05) is 6.54 Å². The molecule has 2 heterocycles. The molecule has 0 unspecified atom stereocenters. The number of rotatable bonds is 11. The van der Waals surface area contributed by atoms with Gasteiger partial charge in [-0.25, -0.2) is 9.78 Å². The first-order valence-electron chi connectivity index (χ1n) is 14.3. The van der Waals surface area contributed by atoms with Crippen LogP contribution in [0.25, 0.3) is 11.1 Å². The van der Waals surface area contributed by atoms with Crippen molar-refractivity contribution < 1.29 is 33.1 Å². The molecule has 12 nitrogen and oxygen atoms in total. The number of carbonyl (C=O) groups excluding carboxylic acids is 5. The van der Waals surface area contributed by atoms with Gasteiger partial charge in [-0.15, -0.1) is 0 Å². The number of nitrogens with two attached hydrogens (primary N) is 1. The summed E-state index contributed by atoms with van der Waals surface area (Å²) in [5.74, 6) is -2.89. The Kier molecular flexibility index (Phi) is 9.79. The number of fused-ring (bicyclic) bond motifs is 1. The molecule has 3 aromatic rings. The van der Waals surface area contributed by atoms with E-state index in [4.69, 9.17) is 14.9 Å². The lowest BCUT2D eigenvalue weighted by Gasteiger charge is -2.31. The summed E-state index contributed by atoms with van der Waals surface area (Å²) in [6.07, 6.45) is 0.252. The monoisotopic (exact) mass is 591 g/mol. The molecule has 0 bridgehead atoms. The number of hydrogen-bond acceptors (Lipinski definition) is 8. The van der Waals surface area contributed by atoms with Crippen molar-refractivity contribution in [3.63, 3.8) is 0 Å². The van der Waals surface area contributed by atoms with Crippen LogP contribution < -0.4 is 16.4 Å². The SMILES string of the molecule is CC(C)[C@H](NC(=O)[C@@H]1CCCN1C(=O)[C@@H](NC(=O)OCc1ccccc1)C(C)C)C(=O)c1nc2cc(C(N)=O)ccc2o1. The molecule has 2 aromatic carbocycles. The van der Waals surface area contributed by atoms with Crippen molar-refractivity contribution in [2.24, 2.45) is 17.6 Å². The quantitative estimate of drug-likeness (QED) is 0.285. The van der Waals surface area contributed by atoms with Crippen LogP contribution in [0, 0.1) is 11.8 Å². The molecule has 4 rings (SSSR count). The molecule has 4 amide bonds. The summed E-state index contributed by atoms with van der Waals surface area (Å²) < 4.78 is 10.9. The molecule has 4 N–H and O–H groups in total. The van der Waals surface area contributed by atoms with Crippen LogP contribution in [0.15, 0.2) is 52.9 Å². The normalized spacial score (nSPS) is 16.2. The Morgan fingerprint density at radius 3 is 2.35 bits per heavy atom. The highest BCUT2D eigenvalue weighted by atomic mass is 16.5. The number of nitrogens with one attached hydrogen (secondary N) is 2. The number of alkyl carbamates (subject to hydrolysis) is 1. The van der Waals surface area contributed by atoms with Crippen LogP contribution in [0.5, 0.6) is 0 Å². The van der Waals surface area contributed by atoms with E-state index in [-0.39, 0.29) is 35.4 Å². The highest BCUT2D eigenvalue weighted by Gasteiger charge is 2.40. The van der Waals surface area contributed by atoms with Gasteiger partial charge in [-0.3, -0.25) is 19.2 Å². The van der Waals surface area contributed by atoms with Crippen LogP contribution in [0.2, 0.25) is 0 Å². The molecular formula is C31H37N5O7. The smallest absolute Gasteiger partial charge is 0.408 e. The number of Topliss-reactive ketones (excluding diaryl/α,β-unsaturated/α-hetero) is 1. The fourth-order valence-corrected chi connectivity index (χ4v) is 4.99. The first-order valence-corrected chi connectivity index (χ1v) is 14.3. The van der Waals surface area contributed by atoms with E-state index < -0.39 is 47.7 Å². The van der Waals surface area contributed by atoms with Gasteiger partial charge in [-0.05, 0) is 48.4 Å². The van der Waals surface area contributed by atoms with Crippen molar-refractivity contribution >= 4 is 40.7 Å². The number of amides is 4. The fourth-order valence-electron chi connectivity index (χ4n) is 4.99. The Morgan fingerprint density at radius 1 is 1.00 bits per heavy atom. The van der Waals surface area contributed by atoms with Crippen LogP contribution in [-0.4, -0.2) is 64.2 Å². The third-order valence-electron chi connectivity index (χ3n) is 7.39. The molecule has 1 saturated heterocycles. The molecule has 43 heavy (non-hydrogen) atoms. The van der Waals surface area contributed by atoms with Crippen molar-refractivity contribution in [1.29, 1.82) is 0 Å². The number of benzene rings is 2. The van der Waals surface area contributed by atoms with Gasteiger partial charge in [0.1, 0.15) is 24.2 Å². The number of ketones is 1. The minimum atomic E-state index is -0.985. The molecule has 1 aliphatic rings. The van der Waals surface area contributed by atoms with E-state index in [9.17, 15) is 24.0 Å². The van der Waals surface area contributed by atoms with E-state index in [2.05, 4.69) is 15.6 Å². The number of hydrogen-bond donors (Lipinski definition) is 3. The number of oxazole rings is 1. The summed E-state index contributed by atoms with van der Waals surface area (Å²) in [4.78, 5) is 70.3. The predicted octanol–water partition coefficient (Wildman–Crippen LogP) is 3.19. The van der Waals surface area contributed by atoms with Gasteiger partial charge in [0.25, 0.3) is 5.89 Å². The van der Waals surface area contributed by atoms with Crippen LogP contribution in [0.3, 0.4) is 0 Å². The maximum Gasteiger partial charge on any atom is 0.408 e. The first-order chi connectivity index (χ1) is 20.5. The van der Waals surface area contributed by atoms with Gasteiger partial charge in [0.15, 0.2) is 5.58 Å². The second kappa shape index (κ2) is 13.5. The van der Waals surface area contributed by atoms with E-state index >= 15 is 0 Å². The highest BCUT2D eigenvalue weighted by molar-refractivity contribution is 6.02. The molecule has 1 aromatic heterocycles. The van der Waals surface area contributed by atoms with Gasteiger partial charge < -0.3 is 30.4 Å². The summed E-state index contributed by atoms with van der Waals surface area (Å²) >= 11 is 0. The van der Waals surface area contributed by atoms with Gasteiger partial charge in [0.05, 0.1) is 6.04 Å². The largest absolute Gasteiger partial charge is 0.445 e.